The average molecular weight is 133 g/mol. The zero-order valence-corrected chi connectivity index (χ0v) is 7.27. The average Bonchev–Trinajstić information content (AvgIpc) is 1.91. The van der Waals surface area contributed by atoms with Gasteiger partial charge >= 0.3 is 18.9 Å². The molecular weight excluding hydrogens is 117 g/mol. The van der Waals surface area contributed by atoms with Crippen LogP contribution >= 0.6 is 0 Å². The van der Waals surface area contributed by atoms with Gasteiger partial charge in [-0.05, 0) is 0 Å². The third-order valence-electron chi connectivity index (χ3n) is 2.02. The maximum absolute atomic E-state index is 4.48. The SMILES string of the molecule is CC[N-]C1CCCCC1.[Li+]. The van der Waals surface area contributed by atoms with Gasteiger partial charge in [-0.3, -0.25) is 0 Å². The van der Waals surface area contributed by atoms with Gasteiger partial charge in [-0.1, -0.05) is 39.0 Å². The van der Waals surface area contributed by atoms with Crippen molar-refractivity contribution in [2.24, 2.45) is 0 Å². The molecule has 0 N–H and O–H groups in total. The molecule has 0 saturated heterocycles. The Morgan fingerprint density at radius 2 is 1.80 bits per heavy atom. The zero-order chi connectivity index (χ0) is 6.53. The Morgan fingerprint density at radius 3 is 2.30 bits per heavy atom. The third-order valence-corrected chi connectivity index (χ3v) is 2.02. The standard InChI is InChI=1S/C8H16N.Li/c1-2-9-8-6-4-3-5-7-8;/h8H,2-7H2,1H3;/q-1;+1. The van der Waals surface area contributed by atoms with E-state index in [1.54, 1.807) is 0 Å². The summed E-state index contributed by atoms with van der Waals surface area (Å²) in [4.78, 5) is 0. The fourth-order valence-electron chi connectivity index (χ4n) is 1.52. The number of hydrogen-bond donors (Lipinski definition) is 0. The molecule has 0 unspecified atom stereocenters. The summed E-state index contributed by atoms with van der Waals surface area (Å²) in [5.74, 6) is 0. The minimum absolute atomic E-state index is 0. The molecule has 54 valence electrons. The van der Waals surface area contributed by atoms with Gasteiger partial charge in [0.2, 0.25) is 0 Å². The molecule has 1 nitrogen and oxygen atoms in total. The van der Waals surface area contributed by atoms with Crippen LogP contribution in [0, 0.1) is 0 Å². The van der Waals surface area contributed by atoms with Crippen LogP contribution in [-0.4, -0.2) is 12.6 Å². The first-order valence-electron chi connectivity index (χ1n) is 4.10. The van der Waals surface area contributed by atoms with Gasteiger partial charge in [0.25, 0.3) is 0 Å². The van der Waals surface area contributed by atoms with Gasteiger partial charge < -0.3 is 5.32 Å². The maximum Gasteiger partial charge on any atom is 1.00 e. The van der Waals surface area contributed by atoms with E-state index >= 15 is 0 Å². The van der Waals surface area contributed by atoms with Gasteiger partial charge in [-0.15, -0.1) is 6.04 Å². The van der Waals surface area contributed by atoms with Crippen molar-refractivity contribution in [2.75, 3.05) is 6.54 Å². The molecule has 1 aliphatic rings. The molecule has 0 heterocycles. The largest absolute Gasteiger partial charge is 1.00 e. The van der Waals surface area contributed by atoms with Crippen LogP contribution in [0.5, 0.6) is 0 Å². The smallest absolute Gasteiger partial charge is 0.660 e. The molecule has 0 aromatic heterocycles. The molecule has 2 heteroatoms. The summed E-state index contributed by atoms with van der Waals surface area (Å²) in [5.41, 5.74) is 0. The van der Waals surface area contributed by atoms with E-state index in [0.717, 1.165) is 12.6 Å². The molecule has 0 aromatic rings. The second kappa shape index (κ2) is 6.28. The number of hydrogen-bond acceptors (Lipinski definition) is 0. The van der Waals surface area contributed by atoms with Crippen molar-refractivity contribution >= 4 is 0 Å². The summed E-state index contributed by atoms with van der Waals surface area (Å²) in [7, 11) is 0. The van der Waals surface area contributed by atoms with Crippen molar-refractivity contribution in [3.8, 4) is 0 Å². The Labute approximate surface area is 76.1 Å². The predicted octanol–water partition coefficient (Wildman–Crippen LogP) is -0.283. The van der Waals surface area contributed by atoms with Crippen LogP contribution in [0.3, 0.4) is 0 Å². The molecule has 0 spiro atoms. The van der Waals surface area contributed by atoms with E-state index in [4.69, 9.17) is 0 Å². The molecule has 0 bridgehead atoms. The maximum atomic E-state index is 4.48. The minimum Gasteiger partial charge on any atom is -0.660 e. The Bertz CT molecular complexity index is 66.9. The van der Waals surface area contributed by atoms with E-state index in [1.807, 2.05) is 0 Å². The second-order valence-corrected chi connectivity index (χ2v) is 2.79. The molecule has 0 atom stereocenters. The van der Waals surface area contributed by atoms with E-state index in [2.05, 4.69) is 12.2 Å². The Balaban J connectivity index is 0.000000810. The molecule has 1 fully saturated rings. The van der Waals surface area contributed by atoms with Crippen LogP contribution in [0.1, 0.15) is 39.0 Å². The van der Waals surface area contributed by atoms with Gasteiger partial charge in [-0.2, -0.15) is 6.54 Å². The predicted molar refractivity (Wildman–Crippen MR) is 40.8 cm³/mol. The Kier molecular flexibility index (Phi) is 6.63. The summed E-state index contributed by atoms with van der Waals surface area (Å²) in [6.07, 6.45) is 6.97. The van der Waals surface area contributed by atoms with Gasteiger partial charge in [0.15, 0.2) is 0 Å². The molecule has 0 radical (unpaired) electrons. The normalized spacial score (nSPS) is 20.1. The van der Waals surface area contributed by atoms with E-state index < -0.39 is 0 Å². The number of nitrogens with zero attached hydrogens (tertiary/aromatic N) is 1. The van der Waals surface area contributed by atoms with Gasteiger partial charge in [0.1, 0.15) is 0 Å². The van der Waals surface area contributed by atoms with Crippen LogP contribution in [0.15, 0.2) is 0 Å². The van der Waals surface area contributed by atoms with Crippen molar-refractivity contribution in [1.29, 1.82) is 0 Å². The Morgan fingerprint density at radius 1 is 1.20 bits per heavy atom. The van der Waals surface area contributed by atoms with E-state index in [9.17, 15) is 0 Å². The summed E-state index contributed by atoms with van der Waals surface area (Å²) in [5, 5.41) is 4.48. The summed E-state index contributed by atoms with van der Waals surface area (Å²) < 4.78 is 0. The second-order valence-electron chi connectivity index (χ2n) is 2.79. The summed E-state index contributed by atoms with van der Waals surface area (Å²) in [6.45, 7) is 3.15. The first-order chi connectivity index (χ1) is 4.43. The van der Waals surface area contributed by atoms with Crippen molar-refractivity contribution < 1.29 is 18.9 Å². The Hall–Kier alpha value is 0.557. The topological polar surface area (TPSA) is 14.1 Å². The van der Waals surface area contributed by atoms with Crippen LogP contribution in [0.2, 0.25) is 0 Å². The van der Waals surface area contributed by atoms with Crippen LogP contribution < -0.4 is 18.9 Å². The van der Waals surface area contributed by atoms with Crippen molar-refractivity contribution in [2.45, 2.75) is 45.1 Å². The van der Waals surface area contributed by atoms with Crippen LogP contribution in [-0.2, 0) is 0 Å². The van der Waals surface area contributed by atoms with Crippen LogP contribution in [0.25, 0.3) is 5.32 Å². The molecule has 1 saturated carbocycles. The van der Waals surface area contributed by atoms with Gasteiger partial charge in [-0.25, -0.2) is 0 Å². The number of rotatable bonds is 2. The molecular formula is C8H16LiN. The third kappa shape index (κ3) is 3.66. The van der Waals surface area contributed by atoms with Crippen molar-refractivity contribution in [3.05, 3.63) is 5.32 Å². The quantitative estimate of drug-likeness (QED) is 0.460. The van der Waals surface area contributed by atoms with Crippen molar-refractivity contribution in [1.82, 2.24) is 0 Å². The first kappa shape index (κ1) is 10.6. The van der Waals surface area contributed by atoms with E-state index in [0.29, 0.717) is 0 Å². The van der Waals surface area contributed by atoms with E-state index in [-0.39, 0.29) is 18.9 Å². The van der Waals surface area contributed by atoms with Crippen molar-refractivity contribution in [3.63, 3.8) is 0 Å². The van der Waals surface area contributed by atoms with E-state index in [1.165, 1.54) is 32.1 Å². The molecule has 0 aliphatic heterocycles. The van der Waals surface area contributed by atoms with Gasteiger partial charge in [0, 0.05) is 0 Å². The fourth-order valence-corrected chi connectivity index (χ4v) is 1.52. The molecule has 1 aliphatic carbocycles. The zero-order valence-electron chi connectivity index (χ0n) is 7.27. The molecule has 10 heavy (non-hydrogen) atoms. The first-order valence-corrected chi connectivity index (χ1v) is 4.10. The fraction of sp³-hybridized carbons (Fsp3) is 1.00. The summed E-state index contributed by atoms with van der Waals surface area (Å²) in [6, 6.07) is 0.726. The minimum atomic E-state index is 0. The van der Waals surface area contributed by atoms with Gasteiger partial charge in [0.05, 0.1) is 0 Å². The molecule has 0 amide bonds. The molecule has 0 aromatic carbocycles. The monoisotopic (exact) mass is 133 g/mol. The molecule has 1 rings (SSSR count). The van der Waals surface area contributed by atoms with Crippen LogP contribution in [0.4, 0.5) is 0 Å². The summed E-state index contributed by atoms with van der Waals surface area (Å²) >= 11 is 0.